The van der Waals surface area contributed by atoms with Crippen molar-refractivity contribution in [3.8, 4) is 0 Å². The third-order valence-electron chi connectivity index (χ3n) is 2.13. The van der Waals surface area contributed by atoms with Gasteiger partial charge in [-0.3, -0.25) is 0 Å². The molecule has 15 heavy (non-hydrogen) atoms. The lowest BCUT2D eigenvalue weighted by atomic mass is 9.61. The first kappa shape index (κ1) is 12.4. The smallest absolute Gasteiger partial charge is 0.425 e. The largest absolute Gasteiger partial charge is 0.502 e. The molecule has 0 aromatic rings. The van der Waals surface area contributed by atoms with E-state index in [0.29, 0.717) is 0 Å². The zero-order valence-corrected chi connectivity index (χ0v) is 6.97. The lowest BCUT2D eigenvalue weighted by molar-refractivity contribution is -0.268. The number of allylic oxidation sites excluding steroid dienone is 2. The van der Waals surface area contributed by atoms with Crippen LogP contribution < -0.4 is 0 Å². The highest BCUT2D eigenvalue weighted by Gasteiger charge is 2.77. The van der Waals surface area contributed by atoms with Crippen molar-refractivity contribution in [2.75, 3.05) is 0 Å². The van der Waals surface area contributed by atoms with E-state index in [-0.39, 0.29) is 12.2 Å². The molecule has 2 atom stereocenters. The molecule has 0 saturated carbocycles. The molecule has 0 amide bonds. The fourth-order valence-corrected chi connectivity index (χ4v) is 1.13. The van der Waals surface area contributed by atoms with E-state index >= 15 is 0 Å². The molecule has 0 aromatic heterocycles. The van der Waals surface area contributed by atoms with Crippen LogP contribution in [0.1, 0.15) is 0 Å². The molecule has 1 rings (SSSR count). The van der Waals surface area contributed by atoms with Crippen molar-refractivity contribution in [1.29, 1.82) is 0 Å². The molecule has 1 aliphatic rings. The van der Waals surface area contributed by atoms with Gasteiger partial charge in [-0.05, 0) is 12.2 Å². The van der Waals surface area contributed by atoms with Gasteiger partial charge in [0.2, 0.25) is 5.57 Å². The molecule has 0 bridgehead atoms. The summed E-state index contributed by atoms with van der Waals surface area (Å²) in [6, 6.07) is 0. The van der Waals surface area contributed by atoms with Gasteiger partial charge in [0.05, 0.1) is 0 Å². The van der Waals surface area contributed by atoms with Gasteiger partial charge in [0, 0.05) is 0 Å². The quantitative estimate of drug-likeness (QED) is 0.401. The van der Waals surface area contributed by atoms with Gasteiger partial charge in [0.25, 0.3) is 0 Å². The predicted molar refractivity (Wildman–Crippen MR) is 38.0 cm³/mol. The molecule has 0 radical (unpaired) electrons. The molecule has 0 heterocycles. The Morgan fingerprint density at radius 1 is 1.07 bits per heavy atom. The van der Waals surface area contributed by atoms with Crippen LogP contribution in [0.4, 0.5) is 26.3 Å². The minimum atomic E-state index is -5.54. The first-order chi connectivity index (χ1) is 6.57. The summed E-state index contributed by atoms with van der Waals surface area (Å²) in [5, 5.41) is 16.6. The maximum atomic E-state index is 13.2. The van der Waals surface area contributed by atoms with Crippen molar-refractivity contribution >= 4 is 7.12 Å². The van der Waals surface area contributed by atoms with E-state index in [1.807, 2.05) is 0 Å². The topological polar surface area (TPSA) is 40.5 Å². The number of halogens is 6. The average molecular weight is 234 g/mol. The molecule has 2 nitrogen and oxygen atoms in total. The van der Waals surface area contributed by atoms with Gasteiger partial charge >= 0.3 is 19.0 Å². The summed E-state index contributed by atoms with van der Waals surface area (Å²) in [6.45, 7) is 0. The van der Waals surface area contributed by atoms with Crippen LogP contribution in [-0.4, -0.2) is 40.8 Å². The van der Waals surface area contributed by atoms with Crippen molar-refractivity contribution in [2.24, 2.45) is 0 Å². The van der Waals surface area contributed by atoms with E-state index in [2.05, 4.69) is 0 Å². The molecule has 0 fully saturated rings. The summed E-state index contributed by atoms with van der Waals surface area (Å²) in [4.78, 5) is 0. The average Bonchev–Trinajstić information content (AvgIpc) is 2.10. The summed E-state index contributed by atoms with van der Waals surface area (Å²) in [6.07, 6.45) is -3.86. The molecule has 0 aromatic carbocycles. The number of hydrogen-bond acceptors (Lipinski definition) is 2. The summed E-state index contributed by atoms with van der Waals surface area (Å²) in [5.41, 5.74) is -4.40. The van der Waals surface area contributed by atoms with E-state index < -0.39 is 30.7 Å². The van der Waals surface area contributed by atoms with E-state index in [1.165, 1.54) is 0 Å². The summed E-state index contributed by atoms with van der Waals surface area (Å²) in [7, 11) is -3.37. The van der Waals surface area contributed by atoms with Crippen molar-refractivity contribution in [3.05, 3.63) is 12.2 Å². The molecule has 1 aliphatic carbocycles. The fourth-order valence-electron chi connectivity index (χ4n) is 1.13. The van der Waals surface area contributed by atoms with Crippen LogP contribution in [0.2, 0.25) is 0 Å². The van der Waals surface area contributed by atoms with Crippen LogP contribution in [0.3, 0.4) is 0 Å². The summed E-state index contributed by atoms with van der Waals surface area (Å²) in [5.74, 6) is -10.9. The minimum absolute atomic E-state index is 0.170. The standard InChI is InChI=1S/C6H5BF6O2/c8-3-1-2-4(9,7(14)15)6(12,13)5(3,10)11/h1-3,14-15H. The molecule has 0 spiro atoms. The molecule has 0 saturated heterocycles. The Balaban J connectivity index is 3.31. The Bertz CT molecular complexity index is 293. The van der Waals surface area contributed by atoms with Gasteiger partial charge in [-0.25, -0.2) is 8.78 Å². The molecule has 2 N–H and O–H groups in total. The second-order valence-electron chi connectivity index (χ2n) is 3.10. The van der Waals surface area contributed by atoms with Crippen molar-refractivity contribution in [1.82, 2.24) is 0 Å². The van der Waals surface area contributed by atoms with E-state index in [0.717, 1.165) is 0 Å². The highest BCUT2D eigenvalue weighted by molar-refractivity contribution is 6.46. The van der Waals surface area contributed by atoms with E-state index in [4.69, 9.17) is 10.0 Å². The molecule has 2 unspecified atom stereocenters. The first-order valence-corrected chi connectivity index (χ1v) is 3.71. The zero-order chi connectivity index (χ0) is 12.1. The Kier molecular flexibility index (Phi) is 2.60. The maximum absolute atomic E-state index is 13.2. The predicted octanol–water partition coefficient (Wildman–Crippen LogP) is 0.885. The van der Waals surface area contributed by atoms with Crippen molar-refractivity contribution in [3.63, 3.8) is 0 Å². The normalized spacial score (nSPS) is 37.7. The molecule has 86 valence electrons. The number of hydrogen-bond donors (Lipinski definition) is 2. The highest BCUT2D eigenvalue weighted by atomic mass is 19.3. The third kappa shape index (κ3) is 1.36. The van der Waals surface area contributed by atoms with Crippen LogP contribution in [0.15, 0.2) is 12.2 Å². The van der Waals surface area contributed by atoms with Gasteiger partial charge in [-0.15, -0.1) is 0 Å². The molecule has 0 aliphatic heterocycles. The van der Waals surface area contributed by atoms with E-state index in [1.54, 1.807) is 0 Å². The SMILES string of the molecule is OB(O)C1(F)C=CC(F)C(F)(F)C1(F)F. The van der Waals surface area contributed by atoms with Gasteiger partial charge in [-0.2, -0.15) is 17.6 Å². The lowest BCUT2D eigenvalue weighted by Gasteiger charge is -2.39. The van der Waals surface area contributed by atoms with Crippen molar-refractivity contribution in [2.45, 2.75) is 23.6 Å². The van der Waals surface area contributed by atoms with Crippen LogP contribution in [0.25, 0.3) is 0 Å². The van der Waals surface area contributed by atoms with Crippen LogP contribution >= 0.6 is 0 Å². The van der Waals surface area contributed by atoms with Crippen LogP contribution in [0.5, 0.6) is 0 Å². The Hall–Kier alpha value is -0.695. The third-order valence-corrected chi connectivity index (χ3v) is 2.13. The molecular weight excluding hydrogens is 229 g/mol. The minimum Gasteiger partial charge on any atom is -0.425 e. The van der Waals surface area contributed by atoms with E-state index in [9.17, 15) is 26.3 Å². The Morgan fingerprint density at radius 3 is 1.93 bits per heavy atom. The molecule has 9 heteroatoms. The monoisotopic (exact) mass is 234 g/mol. The highest BCUT2D eigenvalue weighted by Crippen LogP contribution is 2.51. The maximum Gasteiger partial charge on any atom is 0.502 e. The van der Waals surface area contributed by atoms with Crippen LogP contribution in [0, 0.1) is 0 Å². The number of alkyl halides is 6. The lowest BCUT2D eigenvalue weighted by Crippen LogP contribution is -2.67. The summed E-state index contributed by atoms with van der Waals surface area (Å²) < 4.78 is 76.4. The second kappa shape index (κ2) is 3.15. The zero-order valence-electron chi connectivity index (χ0n) is 6.97. The second-order valence-corrected chi connectivity index (χ2v) is 3.10. The van der Waals surface area contributed by atoms with Crippen molar-refractivity contribution < 1.29 is 36.4 Å². The molecular formula is C6H5BF6O2. The first-order valence-electron chi connectivity index (χ1n) is 3.71. The fraction of sp³-hybridized carbons (Fsp3) is 0.667. The Morgan fingerprint density at radius 2 is 1.53 bits per heavy atom. The van der Waals surface area contributed by atoms with Gasteiger partial charge in [0.1, 0.15) is 0 Å². The summed E-state index contributed by atoms with van der Waals surface area (Å²) >= 11 is 0. The Labute approximate surface area is 80.3 Å². The number of rotatable bonds is 1. The van der Waals surface area contributed by atoms with Gasteiger partial charge < -0.3 is 10.0 Å². The van der Waals surface area contributed by atoms with Crippen LogP contribution in [-0.2, 0) is 0 Å². The van der Waals surface area contributed by atoms with Gasteiger partial charge in [0.15, 0.2) is 6.17 Å². The van der Waals surface area contributed by atoms with Gasteiger partial charge in [-0.1, -0.05) is 0 Å².